The first-order chi connectivity index (χ1) is 16.4. The lowest BCUT2D eigenvalue weighted by atomic mass is 9.87. The molecule has 1 fully saturated rings. The zero-order valence-electron chi connectivity index (χ0n) is 20.1. The molecule has 1 saturated heterocycles. The van der Waals surface area contributed by atoms with Crippen molar-refractivity contribution in [2.75, 3.05) is 23.7 Å². The summed E-state index contributed by atoms with van der Waals surface area (Å²) in [4.78, 5) is 11.9. The van der Waals surface area contributed by atoms with Crippen LogP contribution in [0, 0.1) is 0 Å². The number of anilines is 2. The Morgan fingerprint density at radius 3 is 2.35 bits per heavy atom. The standard InChI is InChI=1S/C27H32N6O/c1-27(2,3)21-11-9-20(10-12-21)25-29-24-17-23(28)31-33(24)26(30-25)32-15-13-22(14-16-32)34-18-19-7-5-4-6-8-19/h4-12,17,22H,13-16,18H2,1-3H3,(H2,28,31). The average Bonchev–Trinajstić information content (AvgIpc) is 3.23. The van der Waals surface area contributed by atoms with Crippen LogP contribution < -0.4 is 10.6 Å². The van der Waals surface area contributed by atoms with E-state index in [1.807, 2.05) is 18.2 Å². The van der Waals surface area contributed by atoms with Crippen molar-refractivity contribution in [3.05, 3.63) is 71.8 Å². The fourth-order valence-electron chi connectivity index (χ4n) is 4.36. The number of nitrogens with zero attached hydrogens (tertiary/aromatic N) is 5. The van der Waals surface area contributed by atoms with E-state index in [-0.39, 0.29) is 11.5 Å². The van der Waals surface area contributed by atoms with E-state index < -0.39 is 0 Å². The Bertz CT molecular complexity index is 1250. The Morgan fingerprint density at radius 2 is 1.68 bits per heavy atom. The molecule has 34 heavy (non-hydrogen) atoms. The summed E-state index contributed by atoms with van der Waals surface area (Å²) in [6, 6.07) is 20.6. The molecule has 3 heterocycles. The van der Waals surface area contributed by atoms with Gasteiger partial charge in [-0.3, -0.25) is 0 Å². The Kier molecular flexibility index (Phi) is 5.96. The molecule has 2 aromatic carbocycles. The first-order valence-corrected chi connectivity index (χ1v) is 11.9. The van der Waals surface area contributed by atoms with Crippen LogP contribution in [0.25, 0.3) is 17.0 Å². The Hall–Kier alpha value is -3.45. The smallest absolute Gasteiger partial charge is 0.230 e. The number of hydrogen-bond donors (Lipinski definition) is 1. The SMILES string of the molecule is CC(C)(C)c1ccc(-c2nc(N3CCC(OCc4ccccc4)CC3)n3nc(N)cc3n2)cc1. The third-order valence-electron chi connectivity index (χ3n) is 6.39. The van der Waals surface area contributed by atoms with Crippen molar-refractivity contribution in [3.8, 4) is 11.4 Å². The van der Waals surface area contributed by atoms with E-state index in [0.717, 1.165) is 37.4 Å². The Balaban J connectivity index is 1.36. The fraction of sp³-hybridized carbons (Fsp3) is 0.370. The first-order valence-electron chi connectivity index (χ1n) is 11.9. The van der Waals surface area contributed by atoms with E-state index in [2.05, 4.69) is 67.2 Å². The number of piperidine rings is 1. The molecular formula is C27H32N6O. The predicted octanol–water partition coefficient (Wildman–Crippen LogP) is 4.86. The van der Waals surface area contributed by atoms with Gasteiger partial charge in [0.2, 0.25) is 5.95 Å². The lowest BCUT2D eigenvalue weighted by Gasteiger charge is -2.32. The van der Waals surface area contributed by atoms with Crippen LogP contribution in [0.1, 0.15) is 44.7 Å². The van der Waals surface area contributed by atoms with Gasteiger partial charge in [-0.15, -0.1) is 5.10 Å². The van der Waals surface area contributed by atoms with Crippen LogP contribution in [-0.4, -0.2) is 38.8 Å². The van der Waals surface area contributed by atoms with Gasteiger partial charge in [-0.2, -0.15) is 9.50 Å². The van der Waals surface area contributed by atoms with Gasteiger partial charge in [0.25, 0.3) is 0 Å². The highest BCUT2D eigenvalue weighted by Crippen LogP contribution is 2.28. The summed E-state index contributed by atoms with van der Waals surface area (Å²) in [5.74, 6) is 1.90. The van der Waals surface area contributed by atoms with Gasteiger partial charge < -0.3 is 15.4 Å². The van der Waals surface area contributed by atoms with Crippen molar-refractivity contribution in [2.24, 2.45) is 0 Å². The minimum absolute atomic E-state index is 0.0985. The molecule has 0 bridgehead atoms. The van der Waals surface area contributed by atoms with Gasteiger partial charge in [0.1, 0.15) is 5.82 Å². The summed E-state index contributed by atoms with van der Waals surface area (Å²) in [6.07, 6.45) is 2.11. The van der Waals surface area contributed by atoms with Gasteiger partial charge in [-0.1, -0.05) is 75.4 Å². The van der Waals surface area contributed by atoms with E-state index in [1.54, 1.807) is 10.6 Å². The van der Waals surface area contributed by atoms with Crippen LogP contribution in [0.2, 0.25) is 0 Å². The van der Waals surface area contributed by atoms with E-state index in [4.69, 9.17) is 20.4 Å². The lowest BCUT2D eigenvalue weighted by Crippen LogP contribution is -2.38. The minimum atomic E-state index is 0.0985. The Labute approximate surface area is 200 Å². The van der Waals surface area contributed by atoms with Gasteiger partial charge in [-0.25, -0.2) is 4.98 Å². The number of benzene rings is 2. The maximum absolute atomic E-state index is 6.17. The van der Waals surface area contributed by atoms with Crippen LogP contribution >= 0.6 is 0 Å². The van der Waals surface area contributed by atoms with Crippen molar-refractivity contribution in [2.45, 2.75) is 51.7 Å². The number of fused-ring (bicyclic) bond motifs is 1. The summed E-state index contributed by atoms with van der Waals surface area (Å²) < 4.78 is 7.93. The summed E-state index contributed by atoms with van der Waals surface area (Å²) in [7, 11) is 0. The molecule has 0 atom stereocenters. The van der Waals surface area contributed by atoms with Crippen molar-refractivity contribution in [3.63, 3.8) is 0 Å². The molecule has 176 valence electrons. The maximum Gasteiger partial charge on any atom is 0.230 e. The van der Waals surface area contributed by atoms with Gasteiger partial charge in [0.05, 0.1) is 12.7 Å². The largest absolute Gasteiger partial charge is 0.382 e. The number of nitrogens with two attached hydrogens (primary N) is 1. The van der Waals surface area contributed by atoms with Gasteiger partial charge in [0, 0.05) is 24.7 Å². The molecule has 0 aliphatic carbocycles. The molecular weight excluding hydrogens is 424 g/mol. The lowest BCUT2D eigenvalue weighted by molar-refractivity contribution is 0.0249. The summed E-state index contributed by atoms with van der Waals surface area (Å²) in [6.45, 7) is 8.97. The minimum Gasteiger partial charge on any atom is -0.382 e. The number of rotatable bonds is 5. The number of ether oxygens (including phenoxy) is 1. The van der Waals surface area contributed by atoms with Gasteiger partial charge >= 0.3 is 0 Å². The molecule has 0 spiro atoms. The van der Waals surface area contributed by atoms with E-state index in [1.165, 1.54) is 11.1 Å². The molecule has 1 aliphatic heterocycles. The van der Waals surface area contributed by atoms with Crippen molar-refractivity contribution in [1.29, 1.82) is 0 Å². The molecule has 7 nitrogen and oxygen atoms in total. The van der Waals surface area contributed by atoms with Gasteiger partial charge in [0.15, 0.2) is 11.5 Å². The summed E-state index contributed by atoms with van der Waals surface area (Å²) >= 11 is 0. The van der Waals surface area contributed by atoms with Crippen molar-refractivity contribution >= 4 is 17.4 Å². The molecule has 0 radical (unpaired) electrons. The maximum atomic E-state index is 6.17. The molecule has 2 N–H and O–H groups in total. The van der Waals surface area contributed by atoms with Crippen LogP contribution in [0.15, 0.2) is 60.7 Å². The molecule has 0 amide bonds. The number of aromatic nitrogens is 4. The molecule has 5 rings (SSSR count). The van der Waals surface area contributed by atoms with Crippen molar-refractivity contribution < 1.29 is 4.74 Å². The normalized spacial score (nSPS) is 15.2. The highest BCUT2D eigenvalue weighted by atomic mass is 16.5. The van der Waals surface area contributed by atoms with Crippen LogP contribution in [-0.2, 0) is 16.8 Å². The number of nitrogen functional groups attached to an aromatic ring is 1. The highest BCUT2D eigenvalue weighted by Gasteiger charge is 2.24. The molecule has 4 aromatic rings. The zero-order valence-corrected chi connectivity index (χ0v) is 20.1. The quantitative estimate of drug-likeness (QED) is 0.462. The summed E-state index contributed by atoms with van der Waals surface area (Å²) in [5.41, 5.74) is 10.3. The first kappa shape index (κ1) is 22.3. The zero-order chi connectivity index (χ0) is 23.7. The fourth-order valence-corrected chi connectivity index (χ4v) is 4.36. The van der Waals surface area contributed by atoms with Crippen molar-refractivity contribution in [1.82, 2.24) is 19.6 Å². The molecule has 1 aliphatic rings. The van der Waals surface area contributed by atoms with Crippen LogP contribution in [0.4, 0.5) is 11.8 Å². The molecule has 0 saturated carbocycles. The predicted molar refractivity (Wildman–Crippen MR) is 136 cm³/mol. The topological polar surface area (TPSA) is 81.6 Å². The molecule has 0 unspecified atom stereocenters. The highest BCUT2D eigenvalue weighted by molar-refractivity contribution is 5.63. The van der Waals surface area contributed by atoms with Gasteiger partial charge in [-0.05, 0) is 29.4 Å². The Morgan fingerprint density at radius 1 is 0.971 bits per heavy atom. The second-order valence-electron chi connectivity index (χ2n) is 10.00. The number of hydrogen-bond acceptors (Lipinski definition) is 6. The van der Waals surface area contributed by atoms with Crippen LogP contribution in [0.5, 0.6) is 0 Å². The monoisotopic (exact) mass is 456 g/mol. The second kappa shape index (κ2) is 9.06. The van der Waals surface area contributed by atoms with E-state index >= 15 is 0 Å². The third kappa shape index (κ3) is 4.75. The average molecular weight is 457 g/mol. The van der Waals surface area contributed by atoms with Crippen LogP contribution in [0.3, 0.4) is 0 Å². The van der Waals surface area contributed by atoms with E-state index in [0.29, 0.717) is 23.9 Å². The van der Waals surface area contributed by atoms with E-state index in [9.17, 15) is 0 Å². The molecule has 7 heteroatoms. The third-order valence-corrected chi connectivity index (χ3v) is 6.39. The second-order valence-corrected chi connectivity index (χ2v) is 10.00. The summed E-state index contributed by atoms with van der Waals surface area (Å²) in [5, 5.41) is 4.46. The molecule has 2 aromatic heterocycles.